The third-order valence-corrected chi connectivity index (χ3v) is 3.82. The molecule has 0 saturated carbocycles. The Kier molecular flexibility index (Phi) is 4.12. The molecule has 23 heavy (non-hydrogen) atoms. The van der Waals surface area contributed by atoms with E-state index in [-0.39, 0.29) is 0 Å². The normalized spacial score (nSPS) is 16.8. The maximum atomic E-state index is 12.3. The topological polar surface area (TPSA) is 70.0 Å². The summed E-state index contributed by atoms with van der Waals surface area (Å²) in [7, 11) is 0. The summed E-state index contributed by atoms with van der Waals surface area (Å²) >= 11 is 6.10. The second-order valence-corrected chi connectivity index (χ2v) is 5.55. The summed E-state index contributed by atoms with van der Waals surface area (Å²) in [5.74, 6) is -1.56. The summed E-state index contributed by atoms with van der Waals surface area (Å²) in [6, 6.07) is 14.1. The average molecular weight is 329 g/mol. The highest BCUT2D eigenvalue weighted by Gasteiger charge is 2.27. The molecule has 1 heterocycles. The summed E-state index contributed by atoms with van der Waals surface area (Å²) in [6.45, 7) is -0.430. The van der Waals surface area contributed by atoms with Crippen LogP contribution in [0.25, 0.3) is 0 Å². The highest BCUT2D eigenvalue weighted by atomic mass is 35.5. The lowest BCUT2D eigenvalue weighted by Crippen LogP contribution is -2.36. The monoisotopic (exact) mass is 328 g/mol. The molecule has 116 valence electrons. The van der Waals surface area contributed by atoms with Crippen molar-refractivity contribution < 1.29 is 14.7 Å². The molecule has 1 aliphatic heterocycles. The number of aliphatic imine (C=N–C) groups is 1. The van der Waals surface area contributed by atoms with Crippen molar-refractivity contribution in [3.05, 3.63) is 64.7 Å². The minimum atomic E-state index is -1.09. The van der Waals surface area contributed by atoms with Crippen molar-refractivity contribution in [3.63, 3.8) is 0 Å². The molecule has 3 rings (SSSR count). The van der Waals surface area contributed by atoms with E-state index in [0.29, 0.717) is 16.3 Å². The van der Waals surface area contributed by atoms with E-state index in [4.69, 9.17) is 16.7 Å². The fraction of sp³-hybridized carbons (Fsp3) is 0.118. The number of carboxylic acid groups (broad SMARTS) is 1. The molecular formula is C17H13ClN2O3. The molecule has 0 radical (unpaired) electrons. The summed E-state index contributed by atoms with van der Waals surface area (Å²) in [4.78, 5) is 28.9. The van der Waals surface area contributed by atoms with E-state index in [0.717, 1.165) is 5.56 Å². The van der Waals surface area contributed by atoms with Crippen molar-refractivity contribution in [2.45, 2.75) is 6.04 Å². The van der Waals surface area contributed by atoms with Crippen LogP contribution in [0.4, 0.5) is 5.69 Å². The molecule has 1 unspecified atom stereocenters. The van der Waals surface area contributed by atoms with Crippen LogP contribution in [-0.2, 0) is 9.59 Å². The third kappa shape index (κ3) is 3.10. The van der Waals surface area contributed by atoms with Gasteiger partial charge in [-0.2, -0.15) is 0 Å². The van der Waals surface area contributed by atoms with Crippen LogP contribution in [0, 0.1) is 0 Å². The first kappa shape index (κ1) is 15.2. The van der Waals surface area contributed by atoms with Crippen LogP contribution < -0.4 is 4.90 Å². The number of aliphatic carboxylic acids is 1. The molecule has 0 saturated heterocycles. The summed E-state index contributed by atoms with van der Waals surface area (Å²) in [6.07, 6.45) is 1.18. The van der Waals surface area contributed by atoms with Gasteiger partial charge in [-0.15, -0.1) is 0 Å². The third-order valence-electron chi connectivity index (χ3n) is 3.58. The van der Waals surface area contributed by atoms with Crippen molar-refractivity contribution in [1.29, 1.82) is 0 Å². The van der Waals surface area contributed by atoms with E-state index in [1.165, 1.54) is 11.1 Å². The fourth-order valence-electron chi connectivity index (χ4n) is 2.60. The Morgan fingerprint density at radius 3 is 2.65 bits per heavy atom. The molecule has 1 atom stereocenters. The van der Waals surface area contributed by atoms with Gasteiger partial charge in [-0.1, -0.05) is 41.9 Å². The predicted molar refractivity (Wildman–Crippen MR) is 88.2 cm³/mol. The Morgan fingerprint density at radius 2 is 1.96 bits per heavy atom. The maximum absolute atomic E-state index is 12.3. The lowest BCUT2D eigenvalue weighted by molar-refractivity contribution is -0.136. The first-order chi connectivity index (χ1) is 11.1. The van der Waals surface area contributed by atoms with Gasteiger partial charge in [0.25, 0.3) is 5.91 Å². The standard InChI is InChI=1S/C17H13ClN2O3/c18-12-6-7-14-13(8-12)17(11-4-2-1-3-5-11)19-9-15(21)20(14)10-16(22)23/h1-9,17H,10H2,(H,22,23). The molecule has 0 fully saturated rings. The number of hydrogen-bond donors (Lipinski definition) is 1. The van der Waals surface area contributed by atoms with Crippen molar-refractivity contribution in [1.82, 2.24) is 0 Å². The van der Waals surface area contributed by atoms with Gasteiger partial charge in [-0.25, -0.2) is 0 Å². The van der Waals surface area contributed by atoms with Gasteiger partial charge in [-0.05, 0) is 23.8 Å². The molecule has 0 aromatic heterocycles. The van der Waals surface area contributed by atoms with Gasteiger partial charge in [-0.3, -0.25) is 19.5 Å². The Morgan fingerprint density at radius 1 is 1.22 bits per heavy atom. The van der Waals surface area contributed by atoms with Crippen LogP contribution >= 0.6 is 11.6 Å². The second-order valence-electron chi connectivity index (χ2n) is 5.11. The number of benzene rings is 2. The van der Waals surface area contributed by atoms with E-state index < -0.39 is 24.5 Å². The van der Waals surface area contributed by atoms with E-state index in [1.807, 2.05) is 30.3 Å². The number of nitrogens with zero attached hydrogens (tertiary/aromatic N) is 2. The van der Waals surface area contributed by atoms with Gasteiger partial charge >= 0.3 is 5.97 Å². The smallest absolute Gasteiger partial charge is 0.323 e. The van der Waals surface area contributed by atoms with Crippen molar-refractivity contribution >= 4 is 35.4 Å². The number of carboxylic acids is 1. The van der Waals surface area contributed by atoms with Crippen molar-refractivity contribution in [2.24, 2.45) is 4.99 Å². The van der Waals surface area contributed by atoms with Gasteiger partial charge in [0.05, 0.1) is 11.9 Å². The Hall–Kier alpha value is -2.66. The Balaban J connectivity index is 2.17. The molecule has 1 N–H and O–H groups in total. The number of rotatable bonds is 3. The molecule has 0 bridgehead atoms. The number of halogens is 1. The summed E-state index contributed by atoms with van der Waals surface area (Å²) < 4.78 is 0. The first-order valence-corrected chi connectivity index (χ1v) is 7.35. The molecule has 6 heteroatoms. The van der Waals surface area contributed by atoms with Gasteiger partial charge in [0.15, 0.2) is 0 Å². The SMILES string of the molecule is O=C(O)CN1C(=O)C=NC(c2ccccc2)c2cc(Cl)ccc21. The van der Waals surface area contributed by atoms with Crippen molar-refractivity contribution in [3.8, 4) is 0 Å². The lowest BCUT2D eigenvalue weighted by Gasteiger charge is -2.22. The molecular weight excluding hydrogens is 316 g/mol. The molecule has 1 amide bonds. The molecule has 2 aromatic rings. The van der Waals surface area contributed by atoms with Gasteiger partial charge in [0.1, 0.15) is 12.6 Å². The van der Waals surface area contributed by atoms with E-state index in [9.17, 15) is 9.59 Å². The van der Waals surface area contributed by atoms with E-state index >= 15 is 0 Å². The molecule has 5 nitrogen and oxygen atoms in total. The lowest BCUT2D eigenvalue weighted by atomic mass is 9.97. The van der Waals surface area contributed by atoms with Crippen LogP contribution in [0.2, 0.25) is 5.02 Å². The Bertz CT molecular complexity index is 790. The van der Waals surface area contributed by atoms with Crippen LogP contribution in [0.3, 0.4) is 0 Å². The largest absolute Gasteiger partial charge is 0.480 e. The average Bonchev–Trinajstić information content (AvgIpc) is 2.66. The highest BCUT2D eigenvalue weighted by molar-refractivity contribution is 6.34. The molecule has 2 aromatic carbocycles. The number of hydrogen-bond acceptors (Lipinski definition) is 3. The zero-order valence-corrected chi connectivity index (χ0v) is 12.8. The van der Waals surface area contributed by atoms with Crippen LogP contribution in [0.1, 0.15) is 17.2 Å². The number of carbonyl (C=O) groups is 2. The van der Waals surface area contributed by atoms with Crippen LogP contribution in [0.5, 0.6) is 0 Å². The fourth-order valence-corrected chi connectivity index (χ4v) is 2.78. The number of fused-ring (bicyclic) bond motifs is 1. The van der Waals surface area contributed by atoms with Crippen molar-refractivity contribution in [2.75, 3.05) is 11.4 Å². The van der Waals surface area contributed by atoms with E-state index in [2.05, 4.69) is 4.99 Å². The minimum absolute atomic E-state index is 0.410. The number of carbonyl (C=O) groups excluding carboxylic acids is 1. The minimum Gasteiger partial charge on any atom is -0.480 e. The van der Waals surface area contributed by atoms with Gasteiger partial charge in [0, 0.05) is 10.6 Å². The number of anilines is 1. The number of amides is 1. The molecule has 0 aliphatic carbocycles. The second kappa shape index (κ2) is 6.22. The van der Waals surface area contributed by atoms with Gasteiger partial charge < -0.3 is 5.11 Å². The van der Waals surface area contributed by atoms with Crippen LogP contribution in [0.15, 0.2) is 53.5 Å². The summed E-state index contributed by atoms with van der Waals surface area (Å²) in [5, 5.41) is 9.58. The van der Waals surface area contributed by atoms with Gasteiger partial charge in [0.2, 0.25) is 0 Å². The Labute approximate surface area is 137 Å². The molecule has 0 spiro atoms. The van der Waals surface area contributed by atoms with E-state index in [1.54, 1.807) is 18.2 Å². The first-order valence-electron chi connectivity index (χ1n) is 6.97. The predicted octanol–water partition coefficient (Wildman–Crippen LogP) is 2.93. The summed E-state index contributed by atoms with van der Waals surface area (Å²) in [5.41, 5.74) is 2.11. The molecule has 1 aliphatic rings. The maximum Gasteiger partial charge on any atom is 0.323 e. The highest BCUT2D eigenvalue weighted by Crippen LogP contribution is 2.36. The van der Waals surface area contributed by atoms with Crippen LogP contribution in [-0.4, -0.2) is 29.7 Å². The quantitative estimate of drug-likeness (QED) is 0.941. The zero-order chi connectivity index (χ0) is 16.4. The zero-order valence-electron chi connectivity index (χ0n) is 12.0.